The van der Waals surface area contributed by atoms with Crippen molar-refractivity contribution in [1.82, 2.24) is 0 Å². The Balaban J connectivity index is 1.62. The molecule has 0 unspecified atom stereocenters. The van der Waals surface area contributed by atoms with Gasteiger partial charge in [-0.05, 0) is 36.2 Å². The molecule has 1 fully saturated rings. The molecule has 0 atom stereocenters. The Bertz CT molecular complexity index is 875. The Morgan fingerprint density at radius 1 is 1.00 bits per heavy atom. The fourth-order valence-electron chi connectivity index (χ4n) is 2.86. The summed E-state index contributed by atoms with van der Waals surface area (Å²) < 4.78 is 0. The van der Waals surface area contributed by atoms with Gasteiger partial charge in [0.25, 0.3) is 5.69 Å². The summed E-state index contributed by atoms with van der Waals surface area (Å²) in [7, 11) is 0. The van der Waals surface area contributed by atoms with Crippen molar-refractivity contribution in [3.05, 3.63) is 64.2 Å². The molecule has 0 radical (unpaired) electrons. The summed E-state index contributed by atoms with van der Waals surface area (Å²) in [6, 6.07) is 12.2. The highest BCUT2D eigenvalue weighted by Gasteiger charge is 2.27. The third kappa shape index (κ3) is 4.35. The number of anilines is 2. The normalized spacial score (nSPS) is 14.1. The van der Waals surface area contributed by atoms with Gasteiger partial charge in [-0.1, -0.05) is 12.1 Å². The molecule has 0 aliphatic carbocycles. The van der Waals surface area contributed by atoms with Gasteiger partial charge in [0.2, 0.25) is 17.7 Å². The fourth-order valence-corrected chi connectivity index (χ4v) is 2.86. The molecule has 0 bridgehead atoms. The first-order valence-corrected chi connectivity index (χ1v) is 8.43. The summed E-state index contributed by atoms with van der Waals surface area (Å²) in [6.45, 7) is 0. The monoisotopic (exact) mass is 367 g/mol. The van der Waals surface area contributed by atoms with E-state index in [2.05, 4.69) is 5.32 Å². The molecule has 1 aliphatic heterocycles. The minimum absolute atomic E-state index is 0.0310. The number of nitrogens with one attached hydrogen (secondary N) is 1. The Morgan fingerprint density at radius 2 is 1.59 bits per heavy atom. The first-order chi connectivity index (χ1) is 12.9. The Kier molecular flexibility index (Phi) is 5.25. The molecule has 27 heavy (non-hydrogen) atoms. The SMILES string of the molecule is O=C(Cc1ccc([N+](=O)[O-])cc1)Nc1ccc(N2C(=O)CCCC2=O)cc1. The van der Waals surface area contributed by atoms with Crippen molar-refractivity contribution in [2.24, 2.45) is 0 Å². The van der Waals surface area contributed by atoms with Gasteiger partial charge < -0.3 is 5.32 Å². The Morgan fingerprint density at radius 3 is 2.15 bits per heavy atom. The van der Waals surface area contributed by atoms with E-state index in [1.165, 1.54) is 29.2 Å². The Labute approximate surface area is 154 Å². The van der Waals surface area contributed by atoms with Crippen molar-refractivity contribution in [1.29, 1.82) is 0 Å². The molecule has 1 saturated heterocycles. The van der Waals surface area contributed by atoms with Gasteiger partial charge >= 0.3 is 0 Å². The van der Waals surface area contributed by atoms with Crippen LogP contribution >= 0.6 is 0 Å². The van der Waals surface area contributed by atoms with Crippen molar-refractivity contribution in [3.8, 4) is 0 Å². The maximum Gasteiger partial charge on any atom is 0.269 e. The van der Waals surface area contributed by atoms with Crippen LogP contribution in [0.4, 0.5) is 17.1 Å². The topological polar surface area (TPSA) is 110 Å². The van der Waals surface area contributed by atoms with Gasteiger partial charge in [0.1, 0.15) is 0 Å². The van der Waals surface area contributed by atoms with E-state index in [1.807, 2.05) is 0 Å². The zero-order valence-electron chi connectivity index (χ0n) is 14.4. The van der Waals surface area contributed by atoms with Crippen LogP contribution in [0.3, 0.4) is 0 Å². The highest BCUT2D eigenvalue weighted by atomic mass is 16.6. The summed E-state index contributed by atoms with van der Waals surface area (Å²) in [4.78, 5) is 47.3. The van der Waals surface area contributed by atoms with Crippen LogP contribution in [0.5, 0.6) is 0 Å². The average Bonchev–Trinajstić information content (AvgIpc) is 2.63. The van der Waals surface area contributed by atoms with Crippen LogP contribution in [0.1, 0.15) is 24.8 Å². The number of rotatable bonds is 5. The van der Waals surface area contributed by atoms with Crippen LogP contribution in [-0.2, 0) is 20.8 Å². The van der Waals surface area contributed by atoms with E-state index in [0.717, 1.165) is 0 Å². The summed E-state index contributed by atoms with van der Waals surface area (Å²) >= 11 is 0. The third-order valence-corrected chi connectivity index (χ3v) is 4.20. The highest BCUT2D eigenvalue weighted by Crippen LogP contribution is 2.23. The molecule has 138 valence electrons. The van der Waals surface area contributed by atoms with Crippen LogP contribution < -0.4 is 10.2 Å². The van der Waals surface area contributed by atoms with Crippen LogP contribution in [-0.4, -0.2) is 22.6 Å². The number of nitrogens with zero attached hydrogens (tertiary/aromatic N) is 2. The molecule has 3 rings (SSSR count). The average molecular weight is 367 g/mol. The highest BCUT2D eigenvalue weighted by molar-refractivity contribution is 6.16. The zero-order chi connectivity index (χ0) is 19.4. The Hall–Kier alpha value is -3.55. The van der Waals surface area contributed by atoms with Crippen LogP contribution in [0.15, 0.2) is 48.5 Å². The molecule has 2 aromatic carbocycles. The van der Waals surface area contributed by atoms with E-state index in [9.17, 15) is 24.5 Å². The number of carbonyl (C=O) groups excluding carboxylic acids is 3. The molecule has 0 aromatic heterocycles. The first kappa shape index (κ1) is 18.2. The van der Waals surface area contributed by atoms with Crippen molar-refractivity contribution in [2.75, 3.05) is 10.2 Å². The van der Waals surface area contributed by atoms with E-state index in [0.29, 0.717) is 36.2 Å². The lowest BCUT2D eigenvalue weighted by atomic mass is 10.1. The lowest BCUT2D eigenvalue weighted by molar-refractivity contribution is -0.384. The smallest absolute Gasteiger partial charge is 0.269 e. The van der Waals surface area contributed by atoms with Gasteiger partial charge in [-0.15, -0.1) is 0 Å². The van der Waals surface area contributed by atoms with E-state index in [-0.39, 0.29) is 29.8 Å². The third-order valence-electron chi connectivity index (χ3n) is 4.20. The minimum Gasteiger partial charge on any atom is -0.326 e. The second-order valence-electron chi connectivity index (χ2n) is 6.17. The summed E-state index contributed by atoms with van der Waals surface area (Å²) in [5.74, 6) is -0.718. The van der Waals surface area contributed by atoms with Gasteiger partial charge in [0, 0.05) is 30.7 Å². The number of amides is 3. The van der Waals surface area contributed by atoms with Gasteiger partial charge in [0.15, 0.2) is 0 Å². The number of imide groups is 1. The number of piperidine rings is 1. The predicted molar refractivity (Wildman–Crippen MR) is 98.2 cm³/mol. The van der Waals surface area contributed by atoms with Crippen LogP contribution in [0, 0.1) is 10.1 Å². The number of nitro benzene ring substituents is 1. The molecule has 1 aliphatic rings. The molecule has 0 saturated carbocycles. The molecule has 2 aromatic rings. The number of nitro groups is 1. The largest absolute Gasteiger partial charge is 0.326 e. The molecular formula is C19H17N3O5. The van der Waals surface area contributed by atoms with E-state index in [1.54, 1.807) is 24.3 Å². The molecule has 1 N–H and O–H groups in total. The number of benzene rings is 2. The molecule has 0 spiro atoms. The number of non-ortho nitro benzene ring substituents is 1. The van der Waals surface area contributed by atoms with Crippen molar-refractivity contribution in [3.63, 3.8) is 0 Å². The molecular weight excluding hydrogens is 350 g/mol. The predicted octanol–water partition coefficient (Wildman–Crippen LogP) is 2.82. The molecule has 8 nitrogen and oxygen atoms in total. The molecule has 1 heterocycles. The quantitative estimate of drug-likeness (QED) is 0.496. The van der Waals surface area contributed by atoms with Gasteiger partial charge in [0.05, 0.1) is 17.0 Å². The fraction of sp³-hybridized carbons (Fsp3) is 0.211. The zero-order valence-corrected chi connectivity index (χ0v) is 14.4. The van der Waals surface area contributed by atoms with E-state index >= 15 is 0 Å². The number of carbonyl (C=O) groups is 3. The molecule has 8 heteroatoms. The van der Waals surface area contributed by atoms with Gasteiger partial charge in [-0.3, -0.25) is 29.4 Å². The van der Waals surface area contributed by atoms with Crippen LogP contribution in [0.25, 0.3) is 0 Å². The standard InChI is InChI=1S/C19H17N3O5/c23-17(12-13-4-8-16(9-5-13)22(26)27)20-14-6-10-15(11-7-14)21-18(24)2-1-3-19(21)25/h4-11H,1-3,12H2,(H,20,23). The maximum absolute atomic E-state index is 12.1. The van der Waals surface area contributed by atoms with Crippen molar-refractivity contribution >= 4 is 34.8 Å². The lowest BCUT2D eigenvalue weighted by Gasteiger charge is -2.24. The second kappa shape index (κ2) is 7.77. The number of hydrogen-bond acceptors (Lipinski definition) is 5. The van der Waals surface area contributed by atoms with Gasteiger partial charge in [-0.2, -0.15) is 0 Å². The van der Waals surface area contributed by atoms with Crippen molar-refractivity contribution in [2.45, 2.75) is 25.7 Å². The van der Waals surface area contributed by atoms with E-state index < -0.39 is 4.92 Å². The first-order valence-electron chi connectivity index (χ1n) is 8.43. The summed E-state index contributed by atoms with van der Waals surface area (Å²) in [6.07, 6.45) is 1.34. The summed E-state index contributed by atoms with van der Waals surface area (Å²) in [5.41, 5.74) is 1.64. The van der Waals surface area contributed by atoms with Crippen molar-refractivity contribution < 1.29 is 19.3 Å². The summed E-state index contributed by atoms with van der Waals surface area (Å²) in [5, 5.41) is 13.4. The molecule has 3 amide bonds. The van der Waals surface area contributed by atoms with Crippen LogP contribution in [0.2, 0.25) is 0 Å². The second-order valence-corrected chi connectivity index (χ2v) is 6.17. The number of hydrogen-bond donors (Lipinski definition) is 1. The minimum atomic E-state index is -0.497. The maximum atomic E-state index is 12.1. The lowest BCUT2D eigenvalue weighted by Crippen LogP contribution is -2.40. The van der Waals surface area contributed by atoms with E-state index in [4.69, 9.17) is 0 Å². The van der Waals surface area contributed by atoms with Gasteiger partial charge in [-0.25, -0.2) is 0 Å².